The van der Waals surface area contributed by atoms with Crippen molar-refractivity contribution in [2.24, 2.45) is 0 Å². The first-order valence-electron chi connectivity index (χ1n) is 8.96. The molecule has 1 N–H and O–H groups in total. The van der Waals surface area contributed by atoms with Crippen LogP contribution < -0.4 is 10.1 Å². The number of carbonyl (C=O) groups is 3. The first-order chi connectivity index (χ1) is 13.9. The van der Waals surface area contributed by atoms with E-state index in [0.29, 0.717) is 16.9 Å². The fourth-order valence-electron chi connectivity index (χ4n) is 2.41. The van der Waals surface area contributed by atoms with Gasteiger partial charge in [-0.2, -0.15) is 0 Å². The Morgan fingerprint density at radius 3 is 2.31 bits per heavy atom. The van der Waals surface area contributed by atoms with Gasteiger partial charge in [0.25, 0.3) is 5.91 Å². The summed E-state index contributed by atoms with van der Waals surface area (Å²) in [6.07, 6.45) is 1.66. The van der Waals surface area contributed by atoms with Crippen molar-refractivity contribution in [3.8, 4) is 5.75 Å². The normalized spacial score (nSPS) is 10.8. The average Bonchev–Trinajstić information content (AvgIpc) is 2.74. The summed E-state index contributed by atoms with van der Waals surface area (Å²) in [6, 6.07) is 16.3. The Balaban J connectivity index is 2.15. The predicted octanol–water partition coefficient (Wildman–Crippen LogP) is 1.98. The number of carbonyl (C=O) groups excluding carboxylic acids is 3. The molecule has 0 bridgehead atoms. The lowest BCUT2D eigenvalue weighted by Crippen LogP contribution is -2.38. The summed E-state index contributed by atoms with van der Waals surface area (Å²) in [5.74, 6) is -0.867. The molecule has 0 saturated heterocycles. The Kier molecular flexibility index (Phi) is 7.97. The van der Waals surface area contributed by atoms with E-state index in [2.05, 4.69) is 5.32 Å². The Bertz CT molecular complexity index is 891. The SMILES string of the molecule is COc1ccccc1/C=C(/C(=O)OCC(=O)NCC(=O)N(C)C)c1ccccc1. The average molecular weight is 396 g/mol. The first kappa shape index (κ1) is 21.7. The van der Waals surface area contributed by atoms with Crippen LogP contribution in [0.3, 0.4) is 0 Å². The number of esters is 1. The van der Waals surface area contributed by atoms with Crippen LogP contribution in [0.15, 0.2) is 54.6 Å². The zero-order valence-corrected chi connectivity index (χ0v) is 16.7. The fraction of sp³-hybridized carbons (Fsp3) is 0.227. The zero-order valence-electron chi connectivity index (χ0n) is 16.7. The van der Waals surface area contributed by atoms with Crippen LogP contribution in [0.1, 0.15) is 11.1 Å². The third kappa shape index (κ3) is 6.49. The third-order valence-corrected chi connectivity index (χ3v) is 4.01. The molecule has 7 nitrogen and oxygen atoms in total. The van der Waals surface area contributed by atoms with Crippen molar-refractivity contribution in [3.63, 3.8) is 0 Å². The van der Waals surface area contributed by atoms with Crippen molar-refractivity contribution < 1.29 is 23.9 Å². The minimum atomic E-state index is -0.656. The zero-order chi connectivity index (χ0) is 21.2. The molecule has 0 aromatic heterocycles. The molecule has 0 radical (unpaired) electrons. The lowest BCUT2D eigenvalue weighted by atomic mass is 10.0. The highest BCUT2D eigenvalue weighted by molar-refractivity contribution is 6.22. The van der Waals surface area contributed by atoms with Crippen LogP contribution >= 0.6 is 0 Å². The van der Waals surface area contributed by atoms with Crippen LogP contribution in [0.4, 0.5) is 0 Å². The van der Waals surface area contributed by atoms with Gasteiger partial charge in [-0.1, -0.05) is 48.5 Å². The largest absolute Gasteiger partial charge is 0.496 e. The van der Waals surface area contributed by atoms with Gasteiger partial charge in [-0.15, -0.1) is 0 Å². The number of hydrogen-bond donors (Lipinski definition) is 1. The molecule has 7 heteroatoms. The molecule has 0 aliphatic rings. The van der Waals surface area contributed by atoms with E-state index in [-0.39, 0.29) is 18.0 Å². The number of para-hydroxylation sites is 1. The lowest BCUT2D eigenvalue weighted by molar-refractivity contribution is -0.143. The Morgan fingerprint density at radius 1 is 1.00 bits per heavy atom. The van der Waals surface area contributed by atoms with E-state index in [1.165, 1.54) is 4.90 Å². The molecule has 2 aromatic rings. The highest BCUT2D eigenvalue weighted by Crippen LogP contribution is 2.25. The van der Waals surface area contributed by atoms with E-state index in [9.17, 15) is 14.4 Å². The maximum atomic E-state index is 12.7. The third-order valence-electron chi connectivity index (χ3n) is 4.01. The molecule has 0 aliphatic heterocycles. The molecular weight excluding hydrogens is 372 g/mol. The van der Waals surface area contributed by atoms with Crippen molar-refractivity contribution in [2.45, 2.75) is 0 Å². The van der Waals surface area contributed by atoms with Gasteiger partial charge in [-0.05, 0) is 17.7 Å². The summed E-state index contributed by atoms with van der Waals surface area (Å²) in [5.41, 5.74) is 1.63. The maximum absolute atomic E-state index is 12.7. The number of rotatable bonds is 8. The maximum Gasteiger partial charge on any atom is 0.339 e. The second-order valence-corrected chi connectivity index (χ2v) is 6.31. The number of amides is 2. The number of likely N-dealkylation sites (N-methyl/N-ethyl adjacent to an activating group) is 1. The van der Waals surface area contributed by atoms with Crippen LogP contribution in [0.5, 0.6) is 5.75 Å². The van der Waals surface area contributed by atoms with E-state index >= 15 is 0 Å². The molecule has 0 heterocycles. The number of nitrogens with one attached hydrogen (secondary N) is 1. The molecule has 0 unspecified atom stereocenters. The van der Waals surface area contributed by atoms with Crippen LogP contribution in [0, 0.1) is 0 Å². The molecule has 152 valence electrons. The van der Waals surface area contributed by atoms with Crippen molar-refractivity contribution in [1.82, 2.24) is 10.2 Å². The van der Waals surface area contributed by atoms with Gasteiger partial charge in [-0.25, -0.2) is 4.79 Å². The number of hydrogen-bond acceptors (Lipinski definition) is 5. The molecule has 2 aromatic carbocycles. The molecule has 0 fully saturated rings. The standard InChI is InChI=1S/C22H24N2O5/c1-24(2)21(26)14-23-20(25)15-29-22(27)18(16-9-5-4-6-10-16)13-17-11-7-8-12-19(17)28-3/h4-13H,14-15H2,1-3H3,(H,23,25)/b18-13+. The van der Waals surface area contributed by atoms with Crippen molar-refractivity contribution >= 4 is 29.4 Å². The molecular formula is C22H24N2O5. The van der Waals surface area contributed by atoms with E-state index in [1.54, 1.807) is 57.6 Å². The van der Waals surface area contributed by atoms with E-state index in [0.717, 1.165) is 0 Å². The number of nitrogens with zero attached hydrogens (tertiary/aromatic N) is 1. The quantitative estimate of drug-likeness (QED) is 0.419. The molecule has 0 atom stereocenters. The van der Waals surface area contributed by atoms with Crippen LogP contribution in [0.2, 0.25) is 0 Å². The van der Waals surface area contributed by atoms with Gasteiger partial charge in [0, 0.05) is 19.7 Å². The summed E-state index contributed by atoms with van der Waals surface area (Å²) in [5, 5.41) is 2.42. The number of benzene rings is 2. The predicted molar refractivity (Wildman–Crippen MR) is 110 cm³/mol. The minimum absolute atomic E-state index is 0.161. The van der Waals surface area contributed by atoms with Gasteiger partial charge in [-0.3, -0.25) is 9.59 Å². The second kappa shape index (κ2) is 10.7. The monoisotopic (exact) mass is 396 g/mol. The fourth-order valence-corrected chi connectivity index (χ4v) is 2.41. The number of methoxy groups -OCH3 is 1. The molecule has 2 rings (SSSR count). The topological polar surface area (TPSA) is 84.9 Å². The van der Waals surface area contributed by atoms with Gasteiger partial charge in [0.05, 0.1) is 19.2 Å². The minimum Gasteiger partial charge on any atom is -0.496 e. The van der Waals surface area contributed by atoms with E-state index < -0.39 is 18.5 Å². The lowest BCUT2D eigenvalue weighted by Gasteiger charge is -2.12. The van der Waals surface area contributed by atoms with Crippen molar-refractivity contribution in [3.05, 3.63) is 65.7 Å². The second-order valence-electron chi connectivity index (χ2n) is 6.31. The van der Waals surface area contributed by atoms with Gasteiger partial charge in [0.2, 0.25) is 5.91 Å². The van der Waals surface area contributed by atoms with Gasteiger partial charge < -0.3 is 19.7 Å². The highest BCUT2D eigenvalue weighted by atomic mass is 16.5. The summed E-state index contributed by atoms with van der Waals surface area (Å²) in [4.78, 5) is 37.5. The summed E-state index contributed by atoms with van der Waals surface area (Å²) in [6.45, 7) is -0.651. The first-order valence-corrected chi connectivity index (χ1v) is 8.96. The highest BCUT2D eigenvalue weighted by Gasteiger charge is 2.17. The van der Waals surface area contributed by atoms with Crippen LogP contribution in [-0.2, 0) is 19.1 Å². The molecule has 0 spiro atoms. The Hall–Kier alpha value is -3.61. The molecule has 29 heavy (non-hydrogen) atoms. The molecule has 2 amide bonds. The Labute approximate surface area is 169 Å². The summed E-state index contributed by atoms with van der Waals surface area (Å²) >= 11 is 0. The number of ether oxygens (including phenoxy) is 2. The smallest absolute Gasteiger partial charge is 0.339 e. The van der Waals surface area contributed by atoms with Crippen molar-refractivity contribution in [1.29, 1.82) is 0 Å². The van der Waals surface area contributed by atoms with Crippen molar-refractivity contribution in [2.75, 3.05) is 34.4 Å². The van der Waals surface area contributed by atoms with E-state index in [4.69, 9.17) is 9.47 Å². The Morgan fingerprint density at radius 2 is 1.66 bits per heavy atom. The van der Waals surface area contributed by atoms with Gasteiger partial charge in [0.15, 0.2) is 6.61 Å². The molecule has 0 saturated carbocycles. The summed E-state index contributed by atoms with van der Waals surface area (Å²) in [7, 11) is 4.72. The summed E-state index contributed by atoms with van der Waals surface area (Å²) < 4.78 is 10.5. The van der Waals surface area contributed by atoms with Gasteiger partial charge >= 0.3 is 5.97 Å². The molecule has 0 aliphatic carbocycles. The van der Waals surface area contributed by atoms with E-state index in [1.807, 2.05) is 24.3 Å². The van der Waals surface area contributed by atoms with Crippen LogP contribution in [0.25, 0.3) is 11.6 Å². The van der Waals surface area contributed by atoms with Gasteiger partial charge in [0.1, 0.15) is 5.75 Å². The van der Waals surface area contributed by atoms with Crippen LogP contribution in [-0.4, -0.2) is 57.0 Å².